The van der Waals surface area contributed by atoms with Crippen LogP contribution in [0.2, 0.25) is 0 Å². The first kappa shape index (κ1) is 14.6. The predicted molar refractivity (Wildman–Crippen MR) is 77.1 cm³/mol. The Balaban J connectivity index is 2.46. The highest BCUT2D eigenvalue weighted by Crippen LogP contribution is 2.30. The SMILES string of the molecule is CC(C)C(CC(=O)O)n1nnnc1-c1ccccc1Br. The van der Waals surface area contributed by atoms with E-state index >= 15 is 0 Å². The molecular weight excluding hydrogens is 324 g/mol. The monoisotopic (exact) mass is 338 g/mol. The molecule has 0 fully saturated rings. The van der Waals surface area contributed by atoms with Gasteiger partial charge in [-0.3, -0.25) is 4.79 Å². The molecule has 1 aromatic carbocycles. The highest BCUT2D eigenvalue weighted by Gasteiger charge is 2.24. The van der Waals surface area contributed by atoms with Crippen LogP contribution in [0.4, 0.5) is 0 Å². The average Bonchev–Trinajstić information content (AvgIpc) is 2.84. The standard InChI is InChI=1S/C13H15BrN4O2/c1-8(2)11(7-12(19)20)18-13(15-16-17-18)9-5-3-4-6-10(9)14/h3-6,8,11H,7H2,1-2H3,(H,19,20). The normalized spacial score (nSPS) is 12.6. The molecule has 106 valence electrons. The van der Waals surface area contributed by atoms with Crippen molar-refractivity contribution < 1.29 is 9.90 Å². The summed E-state index contributed by atoms with van der Waals surface area (Å²) in [6.07, 6.45) is -0.0137. The molecule has 1 N–H and O–H groups in total. The third-order valence-electron chi connectivity index (χ3n) is 3.08. The molecule has 0 saturated carbocycles. The number of hydrogen-bond donors (Lipinski definition) is 1. The van der Waals surface area contributed by atoms with Gasteiger partial charge in [-0.25, -0.2) is 4.68 Å². The van der Waals surface area contributed by atoms with Gasteiger partial charge in [0.05, 0.1) is 12.5 Å². The molecule has 2 aromatic rings. The molecule has 0 spiro atoms. The van der Waals surface area contributed by atoms with Crippen LogP contribution in [0, 0.1) is 5.92 Å². The summed E-state index contributed by atoms with van der Waals surface area (Å²) in [4.78, 5) is 11.0. The second kappa shape index (κ2) is 6.13. The zero-order valence-corrected chi connectivity index (χ0v) is 12.8. The lowest BCUT2D eigenvalue weighted by Crippen LogP contribution is -2.21. The number of carboxylic acid groups (broad SMARTS) is 1. The lowest BCUT2D eigenvalue weighted by Gasteiger charge is -2.20. The van der Waals surface area contributed by atoms with E-state index < -0.39 is 5.97 Å². The van der Waals surface area contributed by atoms with E-state index in [1.165, 1.54) is 0 Å². The molecule has 20 heavy (non-hydrogen) atoms. The molecule has 0 bridgehead atoms. The fraction of sp³-hybridized carbons (Fsp3) is 0.385. The maximum absolute atomic E-state index is 11.0. The summed E-state index contributed by atoms with van der Waals surface area (Å²) in [5.41, 5.74) is 0.841. The van der Waals surface area contributed by atoms with Crippen LogP contribution >= 0.6 is 15.9 Å². The van der Waals surface area contributed by atoms with Crippen LogP contribution < -0.4 is 0 Å². The smallest absolute Gasteiger partial charge is 0.305 e. The summed E-state index contributed by atoms with van der Waals surface area (Å²) in [6.45, 7) is 3.91. The van der Waals surface area contributed by atoms with Gasteiger partial charge in [0.15, 0.2) is 5.82 Å². The van der Waals surface area contributed by atoms with E-state index in [2.05, 4.69) is 31.5 Å². The van der Waals surface area contributed by atoms with Gasteiger partial charge >= 0.3 is 5.97 Å². The van der Waals surface area contributed by atoms with Gasteiger partial charge < -0.3 is 5.11 Å². The third-order valence-corrected chi connectivity index (χ3v) is 3.77. The van der Waals surface area contributed by atoms with Crippen molar-refractivity contribution in [3.63, 3.8) is 0 Å². The van der Waals surface area contributed by atoms with Gasteiger partial charge in [-0.05, 0) is 28.5 Å². The molecule has 0 amide bonds. The Morgan fingerprint density at radius 3 is 2.70 bits per heavy atom. The Kier molecular flexibility index (Phi) is 4.49. The first-order valence-corrected chi connectivity index (χ1v) is 7.04. The summed E-state index contributed by atoms with van der Waals surface area (Å²) in [5, 5.41) is 20.8. The summed E-state index contributed by atoms with van der Waals surface area (Å²) in [7, 11) is 0. The number of carbonyl (C=O) groups is 1. The van der Waals surface area contributed by atoms with Crippen LogP contribution in [0.5, 0.6) is 0 Å². The van der Waals surface area contributed by atoms with E-state index in [1.807, 2.05) is 38.1 Å². The second-order valence-corrected chi connectivity index (χ2v) is 5.69. The molecule has 0 aliphatic heterocycles. The van der Waals surface area contributed by atoms with Crippen molar-refractivity contribution >= 4 is 21.9 Å². The number of nitrogens with zero attached hydrogens (tertiary/aromatic N) is 4. The minimum absolute atomic E-state index is 0.0137. The van der Waals surface area contributed by atoms with Gasteiger partial charge in [0, 0.05) is 10.0 Å². The predicted octanol–water partition coefficient (Wildman–Crippen LogP) is 2.77. The molecular formula is C13H15BrN4O2. The zero-order valence-electron chi connectivity index (χ0n) is 11.2. The number of benzene rings is 1. The third kappa shape index (κ3) is 3.04. The number of rotatable bonds is 5. The van der Waals surface area contributed by atoms with Crippen molar-refractivity contribution in [2.24, 2.45) is 5.92 Å². The van der Waals surface area contributed by atoms with Gasteiger partial charge in [0.25, 0.3) is 0 Å². The molecule has 0 radical (unpaired) electrons. The van der Waals surface area contributed by atoms with Gasteiger partial charge in [-0.15, -0.1) is 5.10 Å². The van der Waals surface area contributed by atoms with Crippen molar-refractivity contribution in [2.75, 3.05) is 0 Å². The molecule has 1 unspecified atom stereocenters. The van der Waals surface area contributed by atoms with E-state index in [0.29, 0.717) is 5.82 Å². The van der Waals surface area contributed by atoms with Gasteiger partial charge in [0.1, 0.15) is 0 Å². The largest absolute Gasteiger partial charge is 0.481 e. The van der Waals surface area contributed by atoms with E-state index in [9.17, 15) is 4.79 Å². The fourth-order valence-corrected chi connectivity index (χ4v) is 2.48. The molecule has 1 heterocycles. The highest BCUT2D eigenvalue weighted by molar-refractivity contribution is 9.10. The maximum atomic E-state index is 11.0. The van der Waals surface area contributed by atoms with Gasteiger partial charge in [0.2, 0.25) is 0 Å². The summed E-state index contributed by atoms with van der Waals surface area (Å²) in [5.74, 6) is -0.189. The van der Waals surface area contributed by atoms with Crippen LogP contribution in [-0.2, 0) is 4.79 Å². The fourth-order valence-electron chi connectivity index (χ4n) is 2.02. The molecule has 0 aliphatic rings. The Hall–Kier alpha value is -1.76. The van der Waals surface area contributed by atoms with Crippen LogP contribution in [0.25, 0.3) is 11.4 Å². The van der Waals surface area contributed by atoms with Crippen molar-refractivity contribution in [1.29, 1.82) is 0 Å². The molecule has 2 rings (SSSR count). The van der Waals surface area contributed by atoms with E-state index in [-0.39, 0.29) is 18.4 Å². The number of carboxylic acids is 1. The van der Waals surface area contributed by atoms with Gasteiger partial charge in [-0.1, -0.05) is 41.9 Å². The van der Waals surface area contributed by atoms with Crippen LogP contribution in [0.15, 0.2) is 28.7 Å². The lowest BCUT2D eigenvalue weighted by atomic mass is 10.0. The molecule has 0 saturated heterocycles. The van der Waals surface area contributed by atoms with Crippen molar-refractivity contribution in [3.05, 3.63) is 28.7 Å². The molecule has 0 aliphatic carbocycles. The molecule has 1 atom stereocenters. The van der Waals surface area contributed by atoms with Crippen LogP contribution in [0.1, 0.15) is 26.3 Å². The minimum atomic E-state index is -0.864. The zero-order chi connectivity index (χ0) is 14.7. The number of halogens is 1. The second-order valence-electron chi connectivity index (χ2n) is 4.84. The number of tetrazole rings is 1. The minimum Gasteiger partial charge on any atom is -0.481 e. The van der Waals surface area contributed by atoms with Crippen molar-refractivity contribution in [3.8, 4) is 11.4 Å². The highest BCUT2D eigenvalue weighted by atomic mass is 79.9. The van der Waals surface area contributed by atoms with E-state index in [4.69, 9.17) is 5.11 Å². The van der Waals surface area contributed by atoms with E-state index in [1.54, 1.807) is 4.68 Å². The topological polar surface area (TPSA) is 80.9 Å². The average molecular weight is 339 g/mol. The maximum Gasteiger partial charge on any atom is 0.305 e. The number of aromatic nitrogens is 4. The van der Waals surface area contributed by atoms with Crippen molar-refractivity contribution in [2.45, 2.75) is 26.3 Å². The first-order valence-electron chi connectivity index (χ1n) is 6.25. The first-order chi connectivity index (χ1) is 9.50. The van der Waals surface area contributed by atoms with Gasteiger partial charge in [-0.2, -0.15) is 0 Å². The quantitative estimate of drug-likeness (QED) is 0.906. The lowest BCUT2D eigenvalue weighted by molar-refractivity contribution is -0.138. The van der Waals surface area contributed by atoms with Crippen molar-refractivity contribution in [1.82, 2.24) is 20.2 Å². The number of hydrogen-bond acceptors (Lipinski definition) is 4. The Labute approximate surface area is 124 Å². The molecule has 1 aromatic heterocycles. The molecule has 7 heteroatoms. The van der Waals surface area contributed by atoms with Crippen LogP contribution in [-0.4, -0.2) is 31.3 Å². The Bertz CT molecular complexity index is 612. The summed E-state index contributed by atoms with van der Waals surface area (Å²) < 4.78 is 2.47. The number of aliphatic carboxylic acids is 1. The summed E-state index contributed by atoms with van der Waals surface area (Å²) >= 11 is 3.46. The Morgan fingerprint density at radius 2 is 2.10 bits per heavy atom. The summed E-state index contributed by atoms with van der Waals surface area (Å²) in [6, 6.07) is 7.30. The molecule has 6 nitrogen and oxygen atoms in total. The Morgan fingerprint density at radius 1 is 1.40 bits per heavy atom. The van der Waals surface area contributed by atoms with Crippen LogP contribution in [0.3, 0.4) is 0 Å². The van der Waals surface area contributed by atoms with E-state index in [0.717, 1.165) is 10.0 Å².